The van der Waals surface area contributed by atoms with Crippen molar-refractivity contribution in [3.8, 4) is 0 Å². The Bertz CT molecular complexity index is 608. The van der Waals surface area contributed by atoms with Crippen LogP contribution in [-0.2, 0) is 0 Å². The third-order valence-electron chi connectivity index (χ3n) is 3.19. The number of halogens is 3. The Balaban J connectivity index is 2.36. The first kappa shape index (κ1) is 15.4. The highest BCUT2D eigenvalue weighted by molar-refractivity contribution is 9.10. The molecule has 0 aliphatic rings. The maximum absolute atomic E-state index is 13.9. The minimum Gasteiger partial charge on any atom is -0.388 e. The Hall–Kier alpha value is -0.940. The zero-order chi connectivity index (χ0) is 14.7. The summed E-state index contributed by atoms with van der Waals surface area (Å²) in [5, 5.41) is 10.7. The molecule has 0 aliphatic heterocycles. The quantitative estimate of drug-likeness (QED) is 0.867. The molecule has 2 nitrogen and oxygen atoms in total. The predicted octanol–water partition coefficient (Wildman–Crippen LogP) is 4.02. The first-order valence-corrected chi connectivity index (χ1v) is 7.28. The largest absolute Gasteiger partial charge is 0.388 e. The predicted molar refractivity (Wildman–Crippen MR) is 82.3 cm³/mol. The van der Waals surface area contributed by atoms with Gasteiger partial charge in [-0.05, 0) is 29.8 Å². The summed E-state index contributed by atoms with van der Waals surface area (Å²) in [6.07, 6.45) is -1.02. The van der Waals surface area contributed by atoms with Crippen LogP contribution in [0.15, 0.2) is 46.9 Å². The smallest absolute Gasteiger partial charge is 0.130 e. The van der Waals surface area contributed by atoms with E-state index in [9.17, 15) is 9.50 Å². The Labute approximate surface area is 130 Å². The van der Waals surface area contributed by atoms with E-state index in [1.807, 2.05) is 24.3 Å². The van der Waals surface area contributed by atoms with Crippen molar-refractivity contribution in [2.45, 2.75) is 12.0 Å². The van der Waals surface area contributed by atoms with Gasteiger partial charge in [-0.25, -0.2) is 4.39 Å². The van der Waals surface area contributed by atoms with Gasteiger partial charge in [0.05, 0.1) is 6.10 Å². The number of hydrogen-bond acceptors (Lipinski definition) is 2. The van der Waals surface area contributed by atoms with Crippen molar-refractivity contribution < 1.29 is 9.50 Å². The van der Waals surface area contributed by atoms with Crippen LogP contribution in [0.5, 0.6) is 0 Å². The van der Waals surface area contributed by atoms with Crippen LogP contribution in [0.3, 0.4) is 0 Å². The highest BCUT2D eigenvalue weighted by Crippen LogP contribution is 2.33. The summed E-state index contributed by atoms with van der Waals surface area (Å²) >= 11 is 9.10. The lowest BCUT2D eigenvalue weighted by molar-refractivity contribution is 0.143. The van der Waals surface area contributed by atoms with Gasteiger partial charge in [-0.1, -0.05) is 45.7 Å². The normalized spacial score (nSPS) is 14.1. The van der Waals surface area contributed by atoms with Crippen LogP contribution >= 0.6 is 27.5 Å². The fourth-order valence-corrected chi connectivity index (χ4v) is 2.72. The molecule has 2 rings (SSSR count). The first-order valence-electron chi connectivity index (χ1n) is 6.11. The van der Waals surface area contributed by atoms with Crippen molar-refractivity contribution in [3.05, 3.63) is 68.9 Å². The number of benzene rings is 2. The van der Waals surface area contributed by atoms with E-state index in [0.29, 0.717) is 5.02 Å². The minimum atomic E-state index is -1.02. The Kier molecular flexibility index (Phi) is 5.16. The molecule has 0 amide bonds. The zero-order valence-electron chi connectivity index (χ0n) is 10.6. The van der Waals surface area contributed by atoms with E-state index < -0.39 is 11.9 Å². The van der Waals surface area contributed by atoms with Crippen molar-refractivity contribution in [2.75, 3.05) is 6.54 Å². The van der Waals surface area contributed by atoms with Gasteiger partial charge in [0, 0.05) is 27.5 Å². The van der Waals surface area contributed by atoms with Gasteiger partial charge >= 0.3 is 0 Å². The molecule has 0 aromatic heterocycles. The second kappa shape index (κ2) is 6.68. The van der Waals surface area contributed by atoms with Crippen molar-refractivity contribution in [3.63, 3.8) is 0 Å². The van der Waals surface area contributed by atoms with Gasteiger partial charge in [-0.3, -0.25) is 0 Å². The maximum Gasteiger partial charge on any atom is 0.130 e. The Morgan fingerprint density at radius 3 is 2.60 bits per heavy atom. The second-order valence-corrected chi connectivity index (χ2v) is 5.86. The molecule has 2 aromatic rings. The van der Waals surface area contributed by atoms with Gasteiger partial charge < -0.3 is 10.8 Å². The first-order chi connectivity index (χ1) is 9.52. The molecule has 106 valence electrons. The third kappa shape index (κ3) is 3.38. The van der Waals surface area contributed by atoms with Crippen LogP contribution in [0, 0.1) is 5.82 Å². The van der Waals surface area contributed by atoms with E-state index in [0.717, 1.165) is 10.0 Å². The number of hydrogen-bond donors (Lipinski definition) is 2. The SMILES string of the molecule is NCC(c1cccc(Br)c1)C(O)c1ccc(Cl)cc1F. The molecule has 3 N–H and O–H groups in total. The minimum absolute atomic E-state index is 0.199. The van der Waals surface area contributed by atoms with E-state index in [2.05, 4.69) is 15.9 Å². The summed E-state index contributed by atoms with van der Waals surface area (Å²) in [6, 6.07) is 11.7. The molecule has 0 aliphatic carbocycles. The van der Waals surface area contributed by atoms with Gasteiger partial charge in [0.2, 0.25) is 0 Å². The van der Waals surface area contributed by atoms with Crippen molar-refractivity contribution in [1.29, 1.82) is 0 Å². The van der Waals surface area contributed by atoms with E-state index in [1.54, 1.807) is 6.07 Å². The number of nitrogens with two attached hydrogens (primary N) is 1. The molecule has 20 heavy (non-hydrogen) atoms. The fourth-order valence-electron chi connectivity index (χ4n) is 2.14. The lowest BCUT2D eigenvalue weighted by atomic mass is 9.89. The monoisotopic (exact) mass is 357 g/mol. The summed E-state index contributed by atoms with van der Waals surface area (Å²) in [6.45, 7) is 0.208. The summed E-state index contributed by atoms with van der Waals surface area (Å²) in [5.74, 6) is -0.915. The molecular weight excluding hydrogens is 345 g/mol. The second-order valence-electron chi connectivity index (χ2n) is 4.51. The molecule has 0 fully saturated rings. The summed E-state index contributed by atoms with van der Waals surface area (Å²) in [5.41, 5.74) is 6.80. The van der Waals surface area contributed by atoms with Crippen LogP contribution in [0.4, 0.5) is 4.39 Å². The molecular formula is C15H14BrClFNO. The molecule has 0 spiro atoms. The van der Waals surface area contributed by atoms with E-state index in [4.69, 9.17) is 17.3 Å². The molecule has 0 bridgehead atoms. The number of aliphatic hydroxyl groups is 1. The van der Waals surface area contributed by atoms with Gasteiger partial charge in [0.15, 0.2) is 0 Å². The molecule has 2 aromatic carbocycles. The van der Waals surface area contributed by atoms with Crippen LogP contribution < -0.4 is 5.73 Å². The van der Waals surface area contributed by atoms with Crippen molar-refractivity contribution in [1.82, 2.24) is 0 Å². The van der Waals surface area contributed by atoms with Gasteiger partial charge in [-0.2, -0.15) is 0 Å². The van der Waals surface area contributed by atoms with Crippen LogP contribution in [0.2, 0.25) is 5.02 Å². The van der Waals surface area contributed by atoms with E-state index in [1.165, 1.54) is 12.1 Å². The third-order valence-corrected chi connectivity index (χ3v) is 3.92. The van der Waals surface area contributed by atoms with Crippen LogP contribution in [-0.4, -0.2) is 11.7 Å². The van der Waals surface area contributed by atoms with Gasteiger partial charge in [0.25, 0.3) is 0 Å². The summed E-state index contributed by atoms with van der Waals surface area (Å²) < 4.78 is 14.8. The highest BCUT2D eigenvalue weighted by Gasteiger charge is 2.24. The van der Waals surface area contributed by atoms with Crippen LogP contribution in [0.1, 0.15) is 23.1 Å². The van der Waals surface area contributed by atoms with E-state index in [-0.39, 0.29) is 18.0 Å². The fraction of sp³-hybridized carbons (Fsp3) is 0.200. The molecule has 2 unspecified atom stereocenters. The van der Waals surface area contributed by atoms with Crippen molar-refractivity contribution >= 4 is 27.5 Å². The molecule has 0 heterocycles. The lowest BCUT2D eigenvalue weighted by Gasteiger charge is -2.23. The lowest BCUT2D eigenvalue weighted by Crippen LogP contribution is -2.21. The highest BCUT2D eigenvalue weighted by atomic mass is 79.9. The standard InChI is InChI=1S/C15H14BrClFNO/c16-10-3-1-2-9(6-10)13(8-19)15(20)12-5-4-11(17)7-14(12)18/h1-7,13,15,20H,8,19H2. The Morgan fingerprint density at radius 2 is 2.00 bits per heavy atom. The van der Waals surface area contributed by atoms with Crippen molar-refractivity contribution in [2.24, 2.45) is 5.73 Å². The maximum atomic E-state index is 13.9. The van der Waals surface area contributed by atoms with Gasteiger partial charge in [0.1, 0.15) is 5.82 Å². The zero-order valence-corrected chi connectivity index (χ0v) is 12.9. The van der Waals surface area contributed by atoms with Gasteiger partial charge in [-0.15, -0.1) is 0 Å². The molecule has 2 atom stereocenters. The molecule has 0 saturated heterocycles. The van der Waals surface area contributed by atoms with E-state index >= 15 is 0 Å². The molecule has 5 heteroatoms. The average Bonchev–Trinajstić information content (AvgIpc) is 2.39. The summed E-state index contributed by atoms with van der Waals surface area (Å²) in [4.78, 5) is 0. The molecule has 0 radical (unpaired) electrons. The van der Waals surface area contributed by atoms with Crippen LogP contribution in [0.25, 0.3) is 0 Å². The summed E-state index contributed by atoms with van der Waals surface area (Å²) in [7, 11) is 0. The number of rotatable bonds is 4. The molecule has 0 saturated carbocycles. The number of aliphatic hydroxyl groups excluding tert-OH is 1. The Morgan fingerprint density at radius 1 is 1.25 bits per heavy atom. The topological polar surface area (TPSA) is 46.2 Å². The average molecular weight is 359 g/mol.